The lowest BCUT2D eigenvalue weighted by Crippen LogP contribution is -2.39. The molecule has 1 atom stereocenters. The number of hydrogen-bond acceptors (Lipinski definition) is 3. The largest absolute Gasteiger partial charge is 0.492 e. The summed E-state index contributed by atoms with van der Waals surface area (Å²) in [4.78, 5) is 12.1. The van der Waals surface area contributed by atoms with Crippen LogP contribution in [-0.4, -0.2) is 25.2 Å². The number of benzene rings is 2. The van der Waals surface area contributed by atoms with Crippen LogP contribution < -0.4 is 14.8 Å². The Morgan fingerprint density at radius 1 is 1.00 bits per heavy atom. The molecule has 2 aromatic carbocycles. The molecule has 0 saturated heterocycles. The van der Waals surface area contributed by atoms with Crippen molar-refractivity contribution >= 4 is 5.91 Å². The number of halogens is 2. The summed E-state index contributed by atoms with van der Waals surface area (Å²) in [7, 11) is 0. The summed E-state index contributed by atoms with van der Waals surface area (Å²) in [6.45, 7) is 2.37. The third-order valence-electron chi connectivity index (χ3n) is 3.24. The van der Waals surface area contributed by atoms with Crippen molar-refractivity contribution in [3.05, 3.63) is 60.2 Å². The molecule has 0 spiro atoms. The Labute approximate surface area is 139 Å². The maximum absolute atomic E-state index is 12.9. The fraction of sp³-hybridized carbons (Fsp3) is 0.278. The molecule has 128 valence electrons. The maximum Gasteiger partial charge on any atom is 0.261 e. The average Bonchev–Trinajstić information content (AvgIpc) is 2.59. The first-order chi connectivity index (χ1) is 11.6. The zero-order valence-corrected chi connectivity index (χ0v) is 13.3. The molecular weight excluding hydrogens is 316 g/mol. The Morgan fingerprint density at radius 2 is 1.54 bits per heavy atom. The first-order valence-electron chi connectivity index (χ1n) is 7.67. The van der Waals surface area contributed by atoms with Gasteiger partial charge in [0.1, 0.15) is 29.7 Å². The molecule has 2 rings (SSSR count). The molecule has 24 heavy (non-hydrogen) atoms. The van der Waals surface area contributed by atoms with Crippen molar-refractivity contribution < 1.29 is 23.0 Å². The van der Waals surface area contributed by atoms with Crippen LogP contribution in [0.5, 0.6) is 11.5 Å². The first kappa shape index (κ1) is 17.7. The number of rotatable bonds is 8. The van der Waals surface area contributed by atoms with Crippen LogP contribution in [0.3, 0.4) is 0 Å². The standard InChI is InChI=1S/C18H19F2NO3/c1-2-17(24-16-9-5-14(20)6-10-16)18(22)21-11-12-23-15-7-3-13(19)4-8-15/h3-10,17H,2,11-12H2,1H3,(H,21,22). The topological polar surface area (TPSA) is 47.6 Å². The lowest BCUT2D eigenvalue weighted by Gasteiger charge is -2.17. The van der Waals surface area contributed by atoms with E-state index in [0.717, 1.165) is 0 Å². The van der Waals surface area contributed by atoms with E-state index in [1.54, 1.807) is 0 Å². The van der Waals surface area contributed by atoms with Crippen molar-refractivity contribution in [3.8, 4) is 11.5 Å². The molecule has 0 aliphatic rings. The fourth-order valence-electron chi connectivity index (χ4n) is 1.99. The van der Waals surface area contributed by atoms with Gasteiger partial charge >= 0.3 is 0 Å². The smallest absolute Gasteiger partial charge is 0.261 e. The molecule has 0 heterocycles. The molecule has 1 amide bonds. The van der Waals surface area contributed by atoms with Crippen molar-refractivity contribution in [2.45, 2.75) is 19.4 Å². The summed E-state index contributed by atoms with van der Waals surface area (Å²) >= 11 is 0. The van der Waals surface area contributed by atoms with Crippen LogP contribution in [0, 0.1) is 11.6 Å². The van der Waals surface area contributed by atoms with Gasteiger partial charge in [0.05, 0.1) is 6.54 Å². The Bertz CT molecular complexity index is 644. The summed E-state index contributed by atoms with van der Waals surface area (Å²) in [5.41, 5.74) is 0. The second kappa shape index (κ2) is 8.86. The van der Waals surface area contributed by atoms with Gasteiger partial charge < -0.3 is 14.8 Å². The van der Waals surface area contributed by atoms with Crippen LogP contribution in [-0.2, 0) is 4.79 Å². The number of carbonyl (C=O) groups is 1. The van der Waals surface area contributed by atoms with E-state index < -0.39 is 6.10 Å². The zero-order chi connectivity index (χ0) is 17.4. The van der Waals surface area contributed by atoms with E-state index in [1.165, 1.54) is 48.5 Å². The first-order valence-corrected chi connectivity index (χ1v) is 7.67. The Hall–Kier alpha value is -2.63. The minimum Gasteiger partial charge on any atom is -0.492 e. The molecule has 0 aromatic heterocycles. The van der Waals surface area contributed by atoms with Crippen molar-refractivity contribution in [1.29, 1.82) is 0 Å². The molecule has 0 aliphatic heterocycles. The molecule has 0 fully saturated rings. The quantitative estimate of drug-likeness (QED) is 0.753. The molecule has 4 nitrogen and oxygen atoms in total. The van der Waals surface area contributed by atoms with Crippen molar-refractivity contribution in [1.82, 2.24) is 5.32 Å². The van der Waals surface area contributed by atoms with E-state index in [0.29, 0.717) is 24.5 Å². The van der Waals surface area contributed by atoms with E-state index in [1.807, 2.05) is 6.92 Å². The van der Waals surface area contributed by atoms with E-state index in [9.17, 15) is 13.6 Å². The van der Waals surface area contributed by atoms with E-state index in [2.05, 4.69) is 5.32 Å². The van der Waals surface area contributed by atoms with E-state index in [-0.39, 0.29) is 24.1 Å². The zero-order valence-electron chi connectivity index (χ0n) is 13.3. The maximum atomic E-state index is 12.9. The number of ether oxygens (including phenoxy) is 2. The highest BCUT2D eigenvalue weighted by molar-refractivity contribution is 5.81. The Balaban J connectivity index is 1.75. The van der Waals surface area contributed by atoms with Gasteiger partial charge in [-0.15, -0.1) is 0 Å². The Morgan fingerprint density at radius 3 is 2.08 bits per heavy atom. The average molecular weight is 335 g/mol. The van der Waals surface area contributed by atoms with E-state index in [4.69, 9.17) is 9.47 Å². The molecule has 0 bridgehead atoms. The minimum absolute atomic E-state index is 0.254. The highest BCUT2D eigenvalue weighted by Crippen LogP contribution is 2.14. The molecule has 0 radical (unpaired) electrons. The van der Waals surface area contributed by atoms with Gasteiger partial charge in [-0.2, -0.15) is 0 Å². The van der Waals surface area contributed by atoms with Crippen molar-refractivity contribution in [2.75, 3.05) is 13.2 Å². The van der Waals surface area contributed by atoms with Crippen LogP contribution in [0.25, 0.3) is 0 Å². The van der Waals surface area contributed by atoms with Crippen LogP contribution in [0.1, 0.15) is 13.3 Å². The van der Waals surface area contributed by atoms with Crippen LogP contribution in [0.2, 0.25) is 0 Å². The predicted octanol–water partition coefficient (Wildman–Crippen LogP) is 3.32. The van der Waals surface area contributed by atoms with Gasteiger partial charge in [0.2, 0.25) is 0 Å². The van der Waals surface area contributed by atoms with Crippen LogP contribution >= 0.6 is 0 Å². The van der Waals surface area contributed by atoms with Gasteiger partial charge in [0.15, 0.2) is 6.10 Å². The van der Waals surface area contributed by atoms with Crippen LogP contribution in [0.4, 0.5) is 8.78 Å². The summed E-state index contributed by atoms with van der Waals surface area (Å²) in [5.74, 6) is -0.0112. The highest BCUT2D eigenvalue weighted by atomic mass is 19.1. The molecular formula is C18H19F2NO3. The molecule has 2 aromatic rings. The molecule has 6 heteroatoms. The molecule has 0 aliphatic carbocycles. The molecule has 1 unspecified atom stereocenters. The highest BCUT2D eigenvalue weighted by Gasteiger charge is 2.17. The van der Waals surface area contributed by atoms with Gasteiger partial charge in [-0.3, -0.25) is 4.79 Å². The summed E-state index contributed by atoms with van der Waals surface area (Å²) in [6, 6.07) is 11.1. The number of amides is 1. The number of carbonyl (C=O) groups excluding carboxylic acids is 1. The normalized spacial score (nSPS) is 11.6. The Kier molecular flexibility index (Phi) is 6.54. The number of hydrogen-bond donors (Lipinski definition) is 1. The number of nitrogens with one attached hydrogen (secondary N) is 1. The van der Waals surface area contributed by atoms with Gasteiger partial charge in [0.25, 0.3) is 5.91 Å². The molecule has 1 N–H and O–H groups in total. The third-order valence-corrected chi connectivity index (χ3v) is 3.24. The van der Waals surface area contributed by atoms with Crippen LogP contribution in [0.15, 0.2) is 48.5 Å². The van der Waals surface area contributed by atoms with Gasteiger partial charge in [-0.25, -0.2) is 8.78 Å². The summed E-state index contributed by atoms with van der Waals surface area (Å²) in [5, 5.41) is 2.71. The second-order valence-corrected chi connectivity index (χ2v) is 5.06. The minimum atomic E-state index is -0.665. The summed E-state index contributed by atoms with van der Waals surface area (Å²) in [6.07, 6.45) is -0.191. The van der Waals surface area contributed by atoms with Crippen molar-refractivity contribution in [3.63, 3.8) is 0 Å². The lowest BCUT2D eigenvalue weighted by molar-refractivity contribution is -0.128. The van der Waals surface area contributed by atoms with E-state index >= 15 is 0 Å². The molecule has 0 saturated carbocycles. The van der Waals surface area contributed by atoms with Gasteiger partial charge in [0, 0.05) is 0 Å². The fourth-order valence-corrected chi connectivity index (χ4v) is 1.99. The lowest BCUT2D eigenvalue weighted by atomic mass is 10.2. The van der Waals surface area contributed by atoms with Gasteiger partial charge in [-0.05, 0) is 55.0 Å². The SMILES string of the molecule is CCC(Oc1ccc(F)cc1)C(=O)NCCOc1ccc(F)cc1. The predicted molar refractivity (Wildman–Crippen MR) is 86.0 cm³/mol. The third kappa shape index (κ3) is 5.53. The summed E-state index contributed by atoms with van der Waals surface area (Å²) < 4.78 is 36.6. The second-order valence-electron chi connectivity index (χ2n) is 5.06. The monoisotopic (exact) mass is 335 g/mol. The van der Waals surface area contributed by atoms with Gasteiger partial charge in [-0.1, -0.05) is 6.92 Å². The van der Waals surface area contributed by atoms with Crippen molar-refractivity contribution in [2.24, 2.45) is 0 Å².